The average molecular weight is 323 g/mol. The molecule has 0 saturated heterocycles. The largest absolute Gasteiger partial charge is 0.322 e. The summed E-state index contributed by atoms with van der Waals surface area (Å²) >= 11 is 0. The first-order valence-electron chi connectivity index (χ1n) is 7.66. The van der Waals surface area contributed by atoms with Gasteiger partial charge >= 0.3 is 0 Å². The van der Waals surface area contributed by atoms with Gasteiger partial charge in [0.15, 0.2) is 0 Å². The van der Waals surface area contributed by atoms with Crippen molar-refractivity contribution < 1.29 is 9.18 Å². The van der Waals surface area contributed by atoms with Crippen molar-refractivity contribution in [1.82, 2.24) is 9.78 Å². The van der Waals surface area contributed by atoms with Crippen molar-refractivity contribution in [3.8, 4) is 5.69 Å². The zero-order valence-electron chi connectivity index (χ0n) is 13.8. The van der Waals surface area contributed by atoms with Gasteiger partial charge < -0.3 is 5.32 Å². The van der Waals surface area contributed by atoms with Crippen LogP contribution in [0.25, 0.3) is 5.69 Å². The molecule has 0 fully saturated rings. The van der Waals surface area contributed by atoms with Crippen LogP contribution >= 0.6 is 0 Å². The number of nitrogens with zero attached hydrogens (tertiary/aromatic N) is 2. The van der Waals surface area contributed by atoms with Gasteiger partial charge in [-0.15, -0.1) is 0 Å². The molecule has 4 nitrogen and oxygen atoms in total. The van der Waals surface area contributed by atoms with E-state index in [0.29, 0.717) is 22.5 Å². The second-order valence-corrected chi connectivity index (χ2v) is 5.71. The lowest BCUT2D eigenvalue weighted by Gasteiger charge is -2.09. The fraction of sp³-hybridized carbons (Fsp3) is 0.158. The average Bonchev–Trinajstić information content (AvgIpc) is 2.85. The topological polar surface area (TPSA) is 46.9 Å². The van der Waals surface area contributed by atoms with Crippen molar-refractivity contribution in [2.45, 2.75) is 20.8 Å². The van der Waals surface area contributed by atoms with Crippen LogP contribution in [-0.4, -0.2) is 15.7 Å². The highest BCUT2D eigenvalue weighted by Gasteiger charge is 2.20. The summed E-state index contributed by atoms with van der Waals surface area (Å²) in [6.07, 6.45) is 0. The molecule has 1 amide bonds. The van der Waals surface area contributed by atoms with Crippen LogP contribution in [0.4, 0.5) is 10.1 Å². The van der Waals surface area contributed by atoms with E-state index in [1.54, 1.807) is 24.6 Å². The number of aromatic nitrogens is 2. The van der Waals surface area contributed by atoms with Crippen molar-refractivity contribution >= 4 is 11.6 Å². The lowest BCUT2D eigenvalue weighted by Crippen LogP contribution is -2.15. The second kappa shape index (κ2) is 6.28. The minimum absolute atomic E-state index is 0.248. The Balaban J connectivity index is 1.95. The molecular formula is C19H18FN3O. The first kappa shape index (κ1) is 15.9. The van der Waals surface area contributed by atoms with Crippen LogP contribution in [0.1, 0.15) is 27.3 Å². The molecule has 122 valence electrons. The van der Waals surface area contributed by atoms with E-state index in [1.807, 2.05) is 37.3 Å². The van der Waals surface area contributed by atoms with E-state index in [0.717, 1.165) is 11.4 Å². The van der Waals surface area contributed by atoms with Crippen LogP contribution < -0.4 is 5.32 Å². The number of hydrogen-bond acceptors (Lipinski definition) is 2. The molecule has 3 aromatic rings. The summed E-state index contributed by atoms with van der Waals surface area (Å²) in [4.78, 5) is 12.7. The minimum Gasteiger partial charge on any atom is -0.322 e. The van der Waals surface area contributed by atoms with E-state index < -0.39 is 0 Å². The van der Waals surface area contributed by atoms with Gasteiger partial charge in [0.05, 0.1) is 22.6 Å². The van der Waals surface area contributed by atoms with Gasteiger partial charge in [-0.1, -0.05) is 18.2 Å². The summed E-state index contributed by atoms with van der Waals surface area (Å²) in [6, 6.07) is 13.9. The zero-order valence-corrected chi connectivity index (χ0v) is 13.8. The smallest absolute Gasteiger partial charge is 0.259 e. The molecule has 3 rings (SSSR count). The molecule has 24 heavy (non-hydrogen) atoms. The van der Waals surface area contributed by atoms with E-state index >= 15 is 0 Å². The Labute approximate surface area is 139 Å². The number of nitrogens with one attached hydrogen (secondary N) is 1. The van der Waals surface area contributed by atoms with Crippen LogP contribution in [0, 0.1) is 26.6 Å². The second-order valence-electron chi connectivity index (χ2n) is 5.71. The Morgan fingerprint density at radius 3 is 2.46 bits per heavy atom. The summed E-state index contributed by atoms with van der Waals surface area (Å²) < 4.78 is 15.0. The van der Waals surface area contributed by atoms with Gasteiger partial charge in [-0.25, -0.2) is 9.07 Å². The molecule has 2 aromatic carbocycles. The molecule has 1 N–H and O–H groups in total. The molecule has 0 aliphatic rings. The lowest BCUT2D eigenvalue weighted by molar-refractivity contribution is 0.102. The molecule has 0 bridgehead atoms. The van der Waals surface area contributed by atoms with Gasteiger partial charge in [0.2, 0.25) is 0 Å². The Kier molecular flexibility index (Phi) is 4.16. The number of carbonyl (C=O) groups is 1. The van der Waals surface area contributed by atoms with Gasteiger partial charge in [0.25, 0.3) is 5.91 Å². The number of para-hydroxylation sites is 1. The van der Waals surface area contributed by atoms with Crippen molar-refractivity contribution in [2.75, 3.05) is 5.32 Å². The molecule has 1 aromatic heterocycles. The maximum absolute atomic E-state index is 13.2. The minimum atomic E-state index is -0.324. The fourth-order valence-electron chi connectivity index (χ4n) is 2.74. The van der Waals surface area contributed by atoms with Crippen molar-refractivity contribution in [2.24, 2.45) is 0 Å². The predicted molar refractivity (Wildman–Crippen MR) is 92.1 cm³/mol. The summed E-state index contributed by atoms with van der Waals surface area (Å²) in [6.45, 7) is 5.42. The summed E-state index contributed by atoms with van der Waals surface area (Å²) in [7, 11) is 0. The van der Waals surface area contributed by atoms with Crippen LogP contribution in [0.2, 0.25) is 0 Å². The van der Waals surface area contributed by atoms with Crippen LogP contribution in [-0.2, 0) is 0 Å². The Morgan fingerprint density at radius 1 is 1.08 bits per heavy atom. The van der Waals surface area contributed by atoms with Crippen LogP contribution in [0.3, 0.4) is 0 Å². The van der Waals surface area contributed by atoms with Gasteiger partial charge in [0.1, 0.15) is 5.82 Å². The first-order valence-corrected chi connectivity index (χ1v) is 7.66. The maximum atomic E-state index is 13.2. The number of rotatable bonds is 3. The Morgan fingerprint density at radius 2 is 1.79 bits per heavy atom. The summed E-state index contributed by atoms with van der Waals surface area (Å²) in [5, 5.41) is 7.32. The SMILES string of the molecule is Cc1cc(F)ccc1NC(=O)c1c(C)nn(-c2ccccc2)c1C. The number of aryl methyl sites for hydroxylation is 2. The highest BCUT2D eigenvalue weighted by atomic mass is 19.1. The van der Waals surface area contributed by atoms with Gasteiger partial charge in [-0.2, -0.15) is 5.10 Å². The molecule has 5 heteroatoms. The third kappa shape index (κ3) is 2.93. The van der Waals surface area contributed by atoms with E-state index in [-0.39, 0.29) is 11.7 Å². The number of halogens is 1. The van der Waals surface area contributed by atoms with E-state index in [4.69, 9.17) is 0 Å². The third-order valence-corrected chi connectivity index (χ3v) is 3.96. The highest BCUT2D eigenvalue weighted by molar-refractivity contribution is 6.06. The standard InChI is InChI=1S/C19H18FN3O/c1-12-11-15(20)9-10-17(12)21-19(24)18-13(2)22-23(14(18)3)16-7-5-4-6-8-16/h4-11H,1-3H3,(H,21,24). The fourth-order valence-corrected chi connectivity index (χ4v) is 2.74. The normalized spacial score (nSPS) is 10.7. The quantitative estimate of drug-likeness (QED) is 0.785. The van der Waals surface area contributed by atoms with Gasteiger partial charge in [-0.05, 0) is 56.7 Å². The molecule has 0 aliphatic carbocycles. The number of anilines is 1. The Bertz CT molecular complexity index is 900. The molecule has 0 aliphatic heterocycles. The molecule has 1 heterocycles. The Hall–Kier alpha value is -2.95. The van der Waals surface area contributed by atoms with Gasteiger partial charge in [-0.3, -0.25) is 4.79 Å². The monoisotopic (exact) mass is 323 g/mol. The van der Waals surface area contributed by atoms with Crippen molar-refractivity contribution in [1.29, 1.82) is 0 Å². The van der Waals surface area contributed by atoms with E-state index in [2.05, 4.69) is 10.4 Å². The summed E-state index contributed by atoms with van der Waals surface area (Å²) in [5.74, 6) is -0.573. The first-order chi connectivity index (χ1) is 11.5. The van der Waals surface area contributed by atoms with Crippen molar-refractivity contribution in [3.63, 3.8) is 0 Å². The predicted octanol–water partition coefficient (Wildman–Crippen LogP) is 4.19. The third-order valence-electron chi connectivity index (χ3n) is 3.96. The van der Waals surface area contributed by atoms with Crippen LogP contribution in [0.5, 0.6) is 0 Å². The van der Waals surface area contributed by atoms with E-state index in [1.165, 1.54) is 12.1 Å². The molecule has 0 spiro atoms. The van der Waals surface area contributed by atoms with E-state index in [9.17, 15) is 9.18 Å². The molecule has 0 unspecified atom stereocenters. The zero-order chi connectivity index (χ0) is 17.3. The number of amides is 1. The van der Waals surface area contributed by atoms with Crippen molar-refractivity contribution in [3.05, 3.63) is 76.9 Å². The number of hydrogen-bond donors (Lipinski definition) is 1. The summed E-state index contributed by atoms with van der Waals surface area (Å²) in [5.41, 5.74) is 4.10. The maximum Gasteiger partial charge on any atom is 0.259 e. The molecule has 0 saturated carbocycles. The highest BCUT2D eigenvalue weighted by Crippen LogP contribution is 2.21. The molecular weight excluding hydrogens is 305 g/mol. The van der Waals surface area contributed by atoms with Gasteiger partial charge in [0, 0.05) is 5.69 Å². The molecule has 0 radical (unpaired) electrons. The number of benzene rings is 2. The lowest BCUT2D eigenvalue weighted by atomic mass is 10.1. The van der Waals surface area contributed by atoms with Crippen LogP contribution in [0.15, 0.2) is 48.5 Å². The molecule has 0 atom stereocenters. The number of carbonyl (C=O) groups excluding carboxylic acids is 1.